The lowest BCUT2D eigenvalue weighted by molar-refractivity contribution is 0.0497. The molecule has 1 fully saturated rings. The number of amides is 1. The first kappa shape index (κ1) is 20.6. The molecular formula is C23H28N4O2S. The second kappa shape index (κ2) is 8.22. The van der Waals surface area contributed by atoms with Crippen molar-refractivity contribution in [2.45, 2.75) is 52.2 Å². The number of carbonyl (C=O) groups is 1. The number of carbonyl (C=O) groups excluding carboxylic acids is 1. The van der Waals surface area contributed by atoms with Gasteiger partial charge in [0.15, 0.2) is 0 Å². The molecule has 0 unspecified atom stereocenters. The second-order valence-electron chi connectivity index (χ2n) is 8.80. The van der Waals surface area contributed by atoms with Gasteiger partial charge in [-0.05, 0) is 46.1 Å². The number of aryl methyl sites for hydroxylation is 1. The lowest BCUT2D eigenvalue weighted by Crippen LogP contribution is -2.46. The number of hydrogen-bond acceptors (Lipinski definition) is 6. The van der Waals surface area contributed by atoms with Crippen LogP contribution in [0.1, 0.15) is 39.2 Å². The van der Waals surface area contributed by atoms with Gasteiger partial charge in [-0.15, -0.1) is 11.3 Å². The largest absolute Gasteiger partial charge is 0.444 e. The summed E-state index contributed by atoms with van der Waals surface area (Å²) in [5, 5.41) is 6.29. The third-order valence-electron chi connectivity index (χ3n) is 5.23. The number of alkyl carbamates (subject to hydrolysis) is 1. The highest BCUT2D eigenvalue weighted by Crippen LogP contribution is 2.38. The monoisotopic (exact) mass is 424 g/mol. The molecule has 0 spiro atoms. The van der Waals surface area contributed by atoms with Crippen LogP contribution in [0.3, 0.4) is 0 Å². The van der Waals surface area contributed by atoms with Crippen LogP contribution < -0.4 is 10.2 Å². The molecule has 0 radical (unpaired) electrons. The number of thiophene rings is 1. The molecule has 1 N–H and O–H groups in total. The van der Waals surface area contributed by atoms with E-state index < -0.39 is 5.60 Å². The number of ether oxygens (including phenoxy) is 1. The van der Waals surface area contributed by atoms with Gasteiger partial charge in [0.1, 0.15) is 22.6 Å². The quantitative estimate of drug-likeness (QED) is 0.629. The van der Waals surface area contributed by atoms with Gasteiger partial charge >= 0.3 is 6.09 Å². The molecule has 7 heteroatoms. The van der Waals surface area contributed by atoms with Crippen LogP contribution in [0.4, 0.5) is 10.6 Å². The Kier molecular flexibility index (Phi) is 5.64. The van der Waals surface area contributed by atoms with E-state index in [1.165, 1.54) is 16.7 Å². The number of nitrogens with one attached hydrogen (secondary N) is 1. The summed E-state index contributed by atoms with van der Waals surface area (Å²) in [6.45, 7) is 9.39. The maximum atomic E-state index is 12.1. The van der Waals surface area contributed by atoms with E-state index in [2.05, 4.69) is 56.8 Å². The number of anilines is 1. The minimum Gasteiger partial charge on any atom is -0.444 e. The topological polar surface area (TPSA) is 67.4 Å². The third kappa shape index (κ3) is 4.56. The van der Waals surface area contributed by atoms with Gasteiger partial charge in [0, 0.05) is 30.1 Å². The number of fused-ring (bicyclic) bond motifs is 1. The number of aromatic nitrogens is 2. The minimum atomic E-state index is -0.483. The van der Waals surface area contributed by atoms with Crippen LogP contribution >= 0.6 is 11.3 Å². The normalized spacial score (nSPS) is 15.4. The Morgan fingerprint density at radius 2 is 1.87 bits per heavy atom. The number of piperidine rings is 1. The Morgan fingerprint density at radius 3 is 2.53 bits per heavy atom. The number of hydrogen-bond donors (Lipinski definition) is 1. The van der Waals surface area contributed by atoms with Crippen molar-refractivity contribution >= 4 is 33.5 Å². The molecule has 0 saturated carbocycles. The molecule has 6 nitrogen and oxygen atoms in total. The summed E-state index contributed by atoms with van der Waals surface area (Å²) in [4.78, 5) is 24.5. The summed E-state index contributed by atoms with van der Waals surface area (Å²) >= 11 is 1.65. The van der Waals surface area contributed by atoms with Crippen molar-refractivity contribution in [2.24, 2.45) is 0 Å². The highest BCUT2D eigenvalue weighted by Gasteiger charge is 2.26. The first-order chi connectivity index (χ1) is 14.3. The molecule has 3 aromatic rings. The molecule has 1 saturated heterocycles. The maximum absolute atomic E-state index is 12.1. The summed E-state index contributed by atoms with van der Waals surface area (Å²) in [5.41, 5.74) is 3.13. The van der Waals surface area contributed by atoms with Crippen molar-refractivity contribution in [2.75, 3.05) is 18.0 Å². The summed E-state index contributed by atoms with van der Waals surface area (Å²) in [6.07, 6.45) is 3.02. The lowest BCUT2D eigenvalue weighted by atomic mass is 10.0. The number of rotatable bonds is 3. The Balaban J connectivity index is 1.51. The van der Waals surface area contributed by atoms with Gasteiger partial charge < -0.3 is 15.0 Å². The van der Waals surface area contributed by atoms with Gasteiger partial charge in [0.25, 0.3) is 0 Å². The average molecular weight is 425 g/mol. The zero-order chi connectivity index (χ0) is 21.3. The van der Waals surface area contributed by atoms with Crippen molar-refractivity contribution in [1.82, 2.24) is 15.3 Å². The van der Waals surface area contributed by atoms with E-state index in [0.717, 1.165) is 42.0 Å². The Hall–Kier alpha value is -2.67. The van der Waals surface area contributed by atoms with Gasteiger partial charge in [0.2, 0.25) is 0 Å². The van der Waals surface area contributed by atoms with E-state index in [9.17, 15) is 4.79 Å². The lowest BCUT2D eigenvalue weighted by Gasteiger charge is -2.34. The van der Waals surface area contributed by atoms with Crippen molar-refractivity contribution < 1.29 is 9.53 Å². The Labute approximate surface area is 181 Å². The molecule has 1 amide bonds. The van der Waals surface area contributed by atoms with Gasteiger partial charge in [-0.25, -0.2) is 14.8 Å². The van der Waals surface area contributed by atoms with Crippen LogP contribution in [0, 0.1) is 6.92 Å². The van der Waals surface area contributed by atoms with Gasteiger partial charge in [-0.2, -0.15) is 0 Å². The van der Waals surface area contributed by atoms with Gasteiger partial charge in [-0.3, -0.25) is 0 Å². The smallest absolute Gasteiger partial charge is 0.407 e. The molecule has 30 heavy (non-hydrogen) atoms. The van der Waals surface area contributed by atoms with Crippen LogP contribution in [0.2, 0.25) is 0 Å². The van der Waals surface area contributed by atoms with Gasteiger partial charge in [0.05, 0.1) is 5.39 Å². The third-order valence-corrected chi connectivity index (χ3v) is 6.11. The zero-order valence-electron chi connectivity index (χ0n) is 17.9. The molecule has 1 aromatic carbocycles. The summed E-state index contributed by atoms with van der Waals surface area (Å²) in [6, 6.07) is 8.70. The molecule has 4 rings (SSSR count). The summed E-state index contributed by atoms with van der Waals surface area (Å²) < 4.78 is 5.39. The molecule has 0 bridgehead atoms. The number of nitrogens with zero attached hydrogens (tertiary/aromatic N) is 3. The van der Waals surface area contributed by atoms with Gasteiger partial charge in [-0.1, -0.05) is 29.8 Å². The predicted molar refractivity (Wildman–Crippen MR) is 122 cm³/mol. The first-order valence-corrected chi connectivity index (χ1v) is 11.2. The molecule has 1 aliphatic heterocycles. The van der Waals surface area contributed by atoms with Crippen LogP contribution in [0.15, 0.2) is 36.0 Å². The van der Waals surface area contributed by atoms with Crippen molar-refractivity contribution in [1.29, 1.82) is 0 Å². The van der Waals surface area contributed by atoms with Crippen molar-refractivity contribution in [3.05, 3.63) is 41.5 Å². The van der Waals surface area contributed by atoms with E-state index in [-0.39, 0.29) is 12.1 Å². The fourth-order valence-electron chi connectivity index (χ4n) is 3.75. The minimum absolute atomic E-state index is 0.118. The standard InChI is InChI=1S/C23H28N4O2S/c1-15-5-7-16(8-6-15)18-13-30-21-19(18)20(24-14-25-21)27-11-9-17(10-12-27)26-22(28)29-23(2,3)4/h5-8,13-14,17H,9-12H2,1-4H3,(H,26,28). The van der Waals surface area contributed by atoms with Crippen molar-refractivity contribution in [3.8, 4) is 11.1 Å². The molecular weight excluding hydrogens is 396 g/mol. The Morgan fingerprint density at radius 1 is 1.17 bits per heavy atom. The SMILES string of the molecule is Cc1ccc(-c2csc3ncnc(N4CCC(NC(=O)OC(C)(C)C)CC4)c23)cc1. The predicted octanol–water partition coefficient (Wildman–Crippen LogP) is 5.16. The van der Waals surface area contributed by atoms with E-state index in [0.29, 0.717) is 0 Å². The van der Waals surface area contributed by atoms with Crippen LogP contribution in [0.25, 0.3) is 21.3 Å². The average Bonchev–Trinajstić information content (AvgIpc) is 3.12. The highest BCUT2D eigenvalue weighted by atomic mass is 32.1. The van der Waals surface area contributed by atoms with Crippen LogP contribution in [0.5, 0.6) is 0 Å². The second-order valence-corrected chi connectivity index (χ2v) is 9.66. The zero-order valence-corrected chi connectivity index (χ0v) is 18.8. The molecule has 3 heterocycles. The first-order valence-electron chi connectivity index (χ1n) is 10.3. The van der Waals surface area contributed by atoms with Crippen LogP contribution in [-0.2, 0) is 4.74 Å². The van der Waals surface area contributed by atoms with E-state index >= 15 is 0 Å². The maximum Gasteiger partial charge on any atom is 0.407 e. The number of benzene rings is 1. The fourth-order valence-corrected chi connectivity index (χ4v) is 4.67. The Bertz CT molecular complexity index is 1030. The van der Waals surface area contributed by atoms with E-state index in [1.54, 1.807) is 17.7 Å². The molecule has 158 valence electrons. The molecule has 0 aliphatic carbocycles. The van der Waals surface area contributed by atoms with E-state index in [1.807, 2.05) is 20.8 Å². The fraction of sp³-hybridized carbons (Fsp3) is 0.435. The summed E-state index contributed by atoms with van der Waals surface area (Å²) in [7, 11) is 0. The highest BCUT2D eigenvalue weighted by molar-refractivity contribution is 7.17. The van der Waals surface area contributed by atoms with E-state index in [4.69, 9.17) is 4.74 Å². The molecule has 2 aromatic heterocycles. The molecule has 0 atom stereocenters. The van der Waals surface area contributed by atoms with Crippen molar-refractivity contribution in [3.63, 3.8) is 0 Å². The summed E-state index contributed by atoms with van der Waals surface area (Å²) in [5.74, 6) is 0.979. The molecule has 1 aliphatic rings. The van der Waals surface area contributed by atoms with Crippen LogP contribution in [-0.4, -0.2) is 40.8 Å².